The number of carbonyl (C=O) groups excluding carboxylic acids is 2. The summed E-state index contributed by atoms with van der Waals surface area (Å²) in [6.45, 7) is 3.61. The summed E-state index contributed by atoms with van der Waals surface area (Å²) in [6.07, 6.45) is 1.03. The van der Waals surface area contributed by atoms with Crippen molar-refractivity contribution in [2.45, 2.75) is 25.3 Å². The zero-order valence-corrected chi connectivity index (χ0v) is 14.6. The number of rotatable bonds is 4. The quantitative estimate of drug-likeness (QED) is 0.796. The van der Waals surface area contributed by atoms with Crippen molar-refractivity contribution < 1.29 is 23.1 Å². The molecule has 142 valence electrons. The van der Waals surface area contributed by atoms with Gasteiger partial charge in [0, 0.05) is 38.8 Å². The summed E-state index contributed by atoms with van der Waals surface area (Å²) >= 11 is 0. The minimum absolute atomic E-state index is 0.271. The first kappa shape index (κ1) is 18.5. The highest BCUT2D eigenvalue weighted by Crippen LogP contribution is 2.26. The molecule has 1 aromatic heterocycles. The summed E-state index contributed by atoms with van der Waals surface area (Å²) in [5, 5.41) is 2.60. The van der Waals surface area contributed by atoms with Gasteiger partial charge in [-0.05, 0) is 19.1 Å². The summed E-state index contributed by atoms with van der Waals surface area (Å²) in [5.41, 5.74) is 0.387. The molecule has 0 aromatic carbocycles. The van der Waals surface area contributed by atoms with Crippen LogP contribution in [0.3, 0.4) is 0 Å². The molecule has 3 rings (SSSR count). The molecule has 2 saturated heterocycles. The van der Waals surface area contributed by atoms with Gasteiger partial charge in [-0.15, -0.1) is 0 Å². The summed E-state index contributed by atoms with van der Waals surface area (Å²) in [5.74, 6) is -2.79. The minimum atomic E-state index is -2.81. The summed E-state index contributed by atoms with van der Waals surface area (Å²) < 4.78 is 31.4. The number of carbonyl (C=O) groups is 2. The van der Waals surface area contributed by atoms with Gasteiger partial charge in [0.15, 0.2) is 0 Å². The lowest BCUT2D eigenvalue weighted by Crippen LogP contribution is -2.53. The maximum atomic E-state index is 13.3. The molecule has 1 unspecified atom stereocenters. The van der Waals surface area contributed by atoms with E-state index in [0.29, 0.717) is 44.2 Å². The third-order valence-electron chi connectivity index (χ3n) is 4.58. The second-order valence-corrected chi connectivity index (χ2v) is 6.43. The smallest absolute Gasteiger partial charge is 0.339 e. The molecule has 0 saturated carbocycles. The van der Waals surface area contributed by atoms with Gasteiger partial charge in [0.2, 0.25) is 5.91 Å². The first-order valence-corrected chi connectivity index (χ1v) is 8.68. The van der Waals surface area contributed by atoms with Crippen molar-refractivity contribution in [2.24, 2.45) is 0 Å². The molecule has 1 N–H and O–H groups in total. The molecule has 26 heavy (non-hydrogen) atoms. The average Bonchev–Trinajstić information content (AvgIpc) is 3.01. The topological polar surface area (TPSA) is 74.8 Å². The van der Waals surface area contributed by atoms with Crippen LogP contribution in [0, 0.1) is 0 Å². The lowest BCUT2D eigenvalue weighted by atomic mass is 10.1. The number of aromatic nitrogens is 1. The van der Waals surface area contributed by atoms with Crippen LogP contribution in [0.15, 0.2) is 18.3 Å². The third-order valence-corrected chi connectivity index (χ3v) is 4.58. The molecule has 2 fully saturated rings. The number of pyridine rings is 1. The van der Waals surface area contributed by atoms with Crippen LogP contribution in [0.1, 0.15) is 23.7 Å². The number of amides is 1. The first-order chi connectivity index (χ1) is 12.4. The van der Waals surface area contributed by atoms with Crippen LogP contribution in [0.25, 0.3) is 0 Å². The minimum Gasteiger partial charge on any atom is -0.462 e. The van der Waals surface area contributed by atoms with Crippen molar-refractivity contribution in [3.05, 3.63) is 23.9 Å². The Balaban J connectivity index is 1.53. The Morgan fingerprint density at radius 3 is 2.58 bits per heavy atom. The number of alkyl halides is 2. The van der Waals surface area contributed by atoms with Gasteiger partial charge in [0.25, 0.3) is 5.92 Å². The lowest BCUT2D eigenvalue weighted by molar-refractivity contribution is -0.134. The molecule has 0 aliphatic carbocycles. The molecule has 1 amide bonds. The number of halogens is 2. The van der Waals surface area contributed by atoms with Crippen LogP contribution in [0.5, 0.6) is 0 Å². The zero-order chi connectivity index (χ0) is 18.7. The van der Waals surface area contributed by atoms with Gasteiger partial charge in [0.1, 0.15) is 5.82 Å². The van der Waals surface area contributed by atoms with Crippen LogP contribution in [-0.4, -0.2) is 73.1 Å². The van der Waals surface area contributed by atoms with E-state index < -0.39 is 30.9 Å². The number of ether oxygens (including phenoxy) is 1. The standard InChI is InChI=1S/C17H22F2N4O3/c1-2-26-16(25)12-3-4-14(20-10-12)22-5-7-23(8-6-22)15(24)13-9-17(18,19)11-21-13/h3-4,10,13,21H,2,5-9,11H2,1H3. The number of piperazine rings is 1. The van der Waals surface area contributed by atoms with Crippen molar-refractivity contribution in [3.8, 4) is 0 Å². The summed E-state index contributed by atoms with van der Waals surface area (Å²) in [4.78, 5) is 31.9. The van der Waals surface area contributed by atoms with E-state index in [2.05, 4.69) is 10.3 Å². The number of nitrogens with zero attached hydrogens (tertiary/aromatic N) is 3. The highest BCUT2D eigenvalue weighted by Gasteiger charge is 2.43. The maximum Gasteiger partial charge on any atom is 0.339 e. The van der Waals surface area contributed by atoms with Gasteiger partial charge in [-0.2, -0.15) is 0 Å². The van der Waals surface area contributed by atoms with Crippen LogP contribution >= 0.6 is 0 Å². The number of anilines is 1. The summed E-state index contributed by atoms with van der Waals surface area (Å²) in [7, 11) is 0. The Morgan fingerprint density at radius 1 is 1.31 bits per heavy atom. The Kier molecular flexibility index (Phi) is 5.36. The monoisotopic (exact) mass is 368 g/mol. The van der Waals surface area contributed by atoms with Crippen molar-refractivity contribution >= 4 is 17.7 Å². The largest absolute Gasteiger partial charge is 0.462 e. The summed E-state index contributed by atoms with van der Waals surface area (Å²) in [6, 6.07) is 2.59. The molecule has 7 nitrogen and oxygen atoms in total. The van der Waals surface area contributed by atoms with Gasteiger partial charge in [-0.25, -0.2) is 18.6 Å². The van der Waals surface area contributed by atoms with Crippen LogP contribution in [0.2, 0.25) is 0 Å². The van der Waals surface area contributed by atoms with E-state index in [1.165, 1.54) is 6.20 Å². The fourth-order valence-electron chi connectivity index (χ4n) is 3.17. The van der Waals surface area contributed by atoms with E-state index in [1.54, 1.807) is 24.0 Å². The number of hydrogen-bond donors (Lipinski definition) is 1. The van der Waals surface area contributed by atoms with Crippen LogP contribution in [0.4, 0.5) is 14.6 Å². The maximum absolute atomic E-state index is 13.3. The lowest BCUT2D eigenvalue weighted by Gasteiger charge is -2.36. The van der Waals surface area contributed by atoms with Crippen LogP contribution in [-0.2, 0) is 9.53 Å². The Morgan fingerprint density at radius 2 is 2.04 bits per heavy atom. The normalized spacial score (nSPS) is 22.3. The Hall–Kier alpha value is -2.29. The highest BCUT2D eigenvalue weighted by atomic mass is 19.3. The van der Waals surface area contributed by atoms with Crippen molar-refractivity contribution in [1.29, 1.82) is 0 Å². The molecular weight excluding hydrogens is 346 g/mol. The van der Waals surface area contributed by atoms with E-state index in [4.69, 9.17) is 4.74 Å². The average molecular weight is 368 g/mol. The van der Waals surface area contributed by atoms with E-state index in [0.717, 1.165) is 0 Å². The molecule has 2 aliphatic heterocycles. The SMILES string of the molecule is CCOC(=O)c1ccc(N2CCN(C(=O)C3CC(F)(F)CN3)CC2)nc1. The Bertz CT molecular complexity index is 660. The van der Waals surface area contributed by atoms with Gasteiger partial charge in [-0.1, -0.05) is 0 Å². The molecule has 9 heteroatoms. The van der Waals surface area contributed by atoms with Crippen molar-refractivity contribution in [2.75, 3.05) is 44.2 Å². The number of nitrogens with one attached hydrogen (secondary N) is 1. The molecule has 0 bridgehead atoms. The van der Waals surface area contributed by atoms with E-state index in [9.17, 15) is 18.4 Å². The second-order valence-electron chi connectivity index (χ2n) is 6.43. The molecule has 1 aromatic rings. The number of esters is 1. The Labute approximate surface area is 150 Å². The first-order valence-electron chi connectivity index (χ1n) is 8.68. The zero-order valence-electron chi connectivity index (χ0n) is 14.6. The fourth-order valence-corrected chi connectivity index (χ4v) is 3.17. The van der Waals surface area contributed by atoms with E-state index in [1.807, 2.05) is 4.90 Å². The predicted octanol–water partition coefficient (Wildman–Crippen LogP) is 0.904. The predicted molar refractivity (Wildman–Crippen MR) is 90.3 cm³/mol. The number of hydrogen-bond acceptors (Lipinski definition) is 6. The highest BCUT2D eigenvalue weighted by molar-refractivity contribution is 5.89. The van der Waals surface area contributed by atoms with Gasteiger partial charge in [0.05, 0.1) is 24.8 Å². The molecule has 3 heterocycles. The molecule has 1 atom stereocenters. The third kappa shape index (κ3) is 4.09. The van der Waals surface area contributed by atoms with Crippen molar-refractivity contribution in [1.82, 2.24) is 15.2 Å². The van der Waals surface area contributed by atoms with Gasteiger partial charge < -0.3 is 14.5 Å². The molecular formula is C17H22F2N4O3. The van der Waals surface area contributed by atoms with E-state index in [-0.39, 0.29) is 5.91 Å². The van der Waals surface area contributed by atoms with Gasteiger partial charge >= 0.3 is 5.97 Å². The molecule has 2 aliphatic rings. The second kappa shape index (κ2) is 7.53. The molecule has 0 radical (unpaired) electrons. The fraction of sp³-hybridized carbons (Fsp3) is 0.588. The van der Waals surface area contributed by atoms with Gasteiger partial charge in [-0.3, -0.25) is 10.1 Å². The van der Waals surface area contributed by atoms with Crippen molar-refractivity contribution in [3.63, 3.8) is 0 Å². The van der Waals surface area contributed by atoms with Crippen LogP contribution < -0.4 is 10.2 Å². The van der Waals surface area contributed by atoms with E-state index >= 15 is 0 Å². The molecule has 0 spiro atoms.